The molecule has 0 unspecified atom stereocenters. The van der Waals surface area contributed by atoms with Crippen LogP contribution < -0.4 is 10.6 Å². The molecule has 1 aliphatic carbocycles. The molecule has 1 aliphatic rings. The summed E-state index contributed by atoms with van der Waals surface area (Å²) in [5, 5.41) is 16.1. The van der Waals surface area contributed by atoms with Crippen molar-refractivity contribution in [1.29, 1.82) is 0 Å². The lowest BCUT2D eigenvalue weighted by atomic mass is 9.93. The molecule has 120 valence electrons. The van der Waals surface area contributed by atoms with E-state index in [1.165, 1.54) is 0 Å². The third kappa shape index (κ3) is 3.68. The first-order valence-electron chi connectivity index (χ1n) is 7.81. The maximum Gasteiger partial charge on any atom is 0.320 e. The van der Waals surface area contributed by atoms with Crippen molar-refractivity contribution in [3.8, 4) is 0 Å². The van der Waals surface area contributed by atoms with Crippen LogP contribution in [-0.4, -0.2) is 22.7 Å². The van der Waals surface area contributed by atoms with E-state index in [1.54, 1.807) is 6.07 Å². The van der Waals surface area contributed by atoms with Gasteiger partial charge in [-0.15, -0.1) is 0 Å². The molecule has 3 rings (SSSR count). The number of hydrogen-bond donors (Lipinski definition) is 3. The van der Waals surface area contributed by atoms with Crippen LogP contribution in [0.1, 0.15) is 30.2 Å². The number of rotatable bonds is 5. The van der Waals surface area contributed by atoms with Crippen LogP contribution in [-0.2, 0) is 0 Å². The lowest BCUT2D eigenvalue weighted by Gasteiger charge is -2.23. The van der Waals surface area contributed by atoms with Crippen molar-refractivity contribution in [2.75, 3.05) is 11.9 Å². The first-order valence-corrected chi connectivity index (χ1v) is 7.81. The molecule has 0 radical (unpaired) electrons. The van der Waals surface area contributed by atoms with Gasteiger partial charge in [-0.2, -0.15) is 0 Å². The third-order valence-corrected chi connectivity index (χ3v) is 4.32. The van der Waals surface area contributed by atoms with Crippen molar-refractivity contribution in [1.82, 2.24) is 10.3 Å². The van der Waals surface area contributed by atoms with Gasteiger partial charge < -0.3 is 10.4 Å². The number of aromatic nitrogens is 1. The van der Waals surface area contributed by atoms with E-state index in [2.05, 4.69) is 15.6 Å². The minimum Gasteiger partial charge on any atom is -0.388 e. The number of anilines is 1. The van der Waals surface area contributed by atoms with Crippen molar-refractivity contribution >= 4 is 11.8 Å². The zero-order valence-corrected chi connectivity index (χ0v) is 13.1. The Kier molecular flexibility index (Phi) is 4.30. The largest absolute Gasteiger partial charge is 0.388 e. The highest BCUT2D eigenvalue weighted by atomic mass is 16.3. The van der Waals surface area contributed by atoms with E-state index in [1.807, 2.05) is 49.4 Å². The van der Waals surface area contributed by atoms with Crippen LogP contribution in [0, 0.1) is 12.3 Å². The zero-order chi connectivity index (χ0) is 16.3. The predicted octanol–water partition coefficient (Wildman–Crippen LogP) is 3.03. The fourth-order valence-electron chi connectivity index (χ4n) is 2.73. The van der Waals surface area contributed by atoms with Gasteiger partial charge in [-0.25, -0.2) is 9.78 Å². The van der Waals surface area contributed by atoms with Crippen LogP contribution in [0.5, 0.6) is 0 Å². The minimum absolute atomic E-state index is 0.251. The maximum atomic E-state index is 12.0. The molecule has 1 saturated carbocycles. The quantitative estimate of drug-likeness (QED) is 0.794. The average Bonchev–Trinajstić information content (AvgIpc) is 3.34. The Hall–Kier alpha value is -2.40. The smallest absolute Gasteiger partial charge is 0.320 e. The number of pyridine rings is 1. The second-order valence-electron chi connectivity index (χ2n) is 6.15. The molecule has 3 N–H and O–H groups in total. The Balaban J connectivity index is 1.56. The zero-order valence-electron chi connectivity index (χ0n) is 13.1. The molecule has 2 amide bonds. The number of amides is 2. The van der Waals surface area contributed by atoms with Crippen molar-refractivity contribution < 1.29 is 9.90 Å². The molecule has 0 bridgehead atoms. The Morgan fingerprint density at radius 3 is 2.61 bits per heavy atom. The van der Waals surface area contributed by atoms with E-state index in [9.17, 15) is 9.90 Å². The highest BCUT2D eigenvalue weighted by Crippen LogP contribution is 2.54. The van der Waals surface area contributed by atoms with E-state index in [0.717, 1.165) is 24.1 Å². The second-order valence-corrected chi connectivity index (χ2v) is 6.15. The Morgan fingerprint density at radius 2 is 1.96 bits per heavy atom. The summed E-state index contributed by atoms with van der Waals surface area (Å²) in [6.45, 7) is 2.32. The van der Waals surface area contributed by atoms with Gasteiger partial charge in [0.2, 0.25) is 0 Å². The summed E-state index contributed by atoms with van der Waals surface area (Å²) < 4.78 is 0. The first kappa shape index (κ1) is 15.5. The Morgan fingerprint density at radius 1 is 1.22 bits per heavy atom. The number of benzene rings is 1. The molecule has 1 aromatic carbocycles. The van der Waals surface area contributed by atoms with Crippen LogP contribution in [0.4, 0.5) is 10.6 Å². The van der Waals surface area contributed by atoms with Gasteiger partial charge in [-0.05, 0) is 37.5 Å². The Labute approximate surface area is 135 Å². The monoisotopic (exact) mass is 311 g/mol. The molecule has 0 saturated heterocycles. The van der Waals surface area contributed by atoms with Crippen LogP contribution in [0.2, 0.25) is 0 Å². The number of carbonyl (C=O) groups is 1. The summed E-state index contributed by atoms with van der Waals surface area (Å²) in [5.74, 6) is 0.524. The number of carbonyl (C=O) groups excluding carboxylic acids is 1. The molecule has 2 aromatic rings. The van der Waals surface area contributed by atoms with Crippen molar-refractivity contribution in [2.24, 2.45) is 5.41 Å². The molecule has 1 aromatic heterocycles. The van der Waals surface area contributed by atoms with E-state index in [4.69, 9.17) is 0 Å². The molecule has 5 nitrogen and oxygen atoms in total. The van der Waals surface area contributed by atoms with Gasteiger partial charge in [0.1, 0.15) is 5.82 Å². The van der Waals surface area contributed by atoms with Gasteiger partial charge in [-0.3, -0.25) is 5.32 Å². The lowest BCUT2D eigenvalue weighted by molar-refractivity contribution is 0.0936. The van der Waals surface area contributed by atoms with E-state index < -0.39 is 6.10 Å². The first-order chi connectivity index (χ1) is 11.1. The fourth-order valence-corrected chi connectivity index (χ4v) is 2.73. The number of nitrogens with zero attached hydrogens (tertiary/aromatic N) is 1. The average molecular weight is 311 g/mol. The summed E-state index contributed by atoms with van der Waals surface area (Å²) in [5.41, 5.74) is 1.49. The molecular formula is C18H21N3O2. The summed E-state index contributed by atoms with van der Waals surface area (Å²) in [7, 11) is 0. The van der Waals surface area contributed by atoms with Crippen molar-refractivity contribution in [3.05, 3.63) is 59.8 Å². The summed E-state index contributed by atoms with van der Waals surface area (Å²) in [6, 6.07) is 14.8. The van der Waals surface area contributed by atoms with Crippen LogP contribution in [0.3, 0.4) is 0 Å². The van der Waals surface area contributed by atoms with Crippen LogP contribution in [0.25, 0.3) is 0 Å². The molecule has 5 heteroatoms. The van der Waals surface area contributed by atoms with Crippen molar-refractivity contribution in [2.45, 2.75) is 25.9 Å². The normalized spacial score (nSPS) is 16.4. The van der Waals surface area contributed by atoms with Gasteiger partial charge in [-0.1, -0.05) is 36.4 Å². The third-order valence-electron chi connectivity index (χ3n) is 4.32. The number of aliphatic hydroxyl groups is 1. The van der Waals surface area contributed by atoms with Gasteiger partial charge in [0.25, 0.3) is 0 Å². The van der Waals surface area contributed by atoms with Gasteiger partial charge in [0.15, 0.2) is 0 Å². The number of aliphatic hydroxyl groups excluding tert-OH is 1. The second kappa shape index (κ2) is 6.38. The minimum atomic E-state index is -0.555. The van der Waals surface area contributed by atoms with E-state index in [0.29, 0.717) is 12.4 Å². The Bertz CT molecular complexity index is 684. The van der Waals surface area contributed by atoms with Crippen LogP contribution >= 0.6 is 0 Å². The number of urea groups is 1. The number of nitrogens with one attached hydrogen (secondary N) is 2. The molecular weight excluding hydrogens is 290 g/mol. The molecule has 0 spiro atoms. The number of aryl methyl sites for hydroxylation is 1. The molecule has 1 fully saturated rings. The van der Waals surface area contributed by atoms with E-state index >= 15 is 0 Å². The van der Waals surface area contributed by atoms with Crippen LogP contribution in [0.15, 0.2) is 48.5 Å². The lowest BCUT2D eigenvalue weighted by Crippen LogP contribution is -2.36. The van der Waals surface area contributed by atoms with Gasteiger partial charge in [0.05, 0.1) is 6.10 Å². The molecule has 23 heavy (non-hydrogen) atoms. The van der Waals surface area contributed by atoms with Gasteiger partial charge >= 0.3 is 6.03 Å². The maximum absolute atomic E-state index is 12.0. The predicted molar refractivity (Wildman–Crippen MR) is 89.1 cm³/mol. The summed E-state index contributed by atoms with van der Waals surface area (Å²) in [6.07, 6.45) is 1.26. The highest BCUT2D eigenvalue weighted by molar-refractivity contribution is 5.88. The van der Waals surface area contributed by atoms with Crippen molar-refractivity contribution in [3.63, 3.8) is 0 Å². The number of hydrogen-bond acceptors (Lipinski definition) is 3. The summed E-state index contributed by atoms with van der Waals surface area (Å²) in [4.78, 5) is 16.2. The highest BCUT2D eigenvalue weighted by Gasteiger charge is 2.49. The standard InChI is InChI=1S/C18H21N3O2/c1-13-6-5-9-15(20-13)21-17(23)19-12-18(10-11-18)16(22)14-7-3-2-4-8-14/h2-9,16,22H,10-12H2,1H3,(H2,19,20,21,23)/t16-/m0/s1. The molecule has 0 aliphatic heterocycles. The van der Waals surface area contributed by atoms with E-state index in [-0.39, 0.29) is 11.4 Å². The SMILES string of the molecule is Cc1cccc(NC(=O)NCC2([C@@H](O)c3ccccc3)CC2)n1. The topological polar surface area (TPSA) is 74.2 Å². The summed E-state index contributed by atoms with van der Waals surface area (Å²) >= 11 is 0. The van der Waals surface area contributed by atoms with Gasteiger partial charge in [0, 0.05) is 17.7 Å². The fraction of sp³-hybridized carbons (Fsp3) is 0.333. The molecule has 1 atom stereocenters. The molecule has 1 heterocycles.